The fourth-order valence-electron chi connectivity index (χ4n) is 2.20. The monoisotopic (exact) mass is 329 g/mol. The Balaban J connectivity index is 1.75. The van der Waals surface area contributed by atoms with Gasteiger partial charge in [0, 0.05) is 17.6 Å². The number of benzene rings is 2. The second kappa shape index (κ2) is 7.23. The summed E-state index contributed by atoms with van der Waals surface area (Å²) in [4.78, 5) is 20.7. The first-order valence-corrected chi connectivity index (χ1v) is 7.63. The molecular weight excluding hydrogens is 314 g/mol. The van der Waals surface area contributed by atoms with Crippen molar-refractivity contribution in [2.75, 3.05) is 10.6 Å². The lowest BCUT2D eigenvalue weighted by atomic mass is 10.2. The van der Waals surface area contributed by atoms with Crippen molar-refractivity contribution in [3.63, 3.8) is 0 Å². The average molecular weight is 329 g/mol. The Bertz CT molecular complexity index is 945. The summed E-state index contributed by atoms with van der Waals surface area (Å²) in [5.41, 5.74) is 3.31. The standard InChI is InChI=1S/C19H15N5O/c1-13-4-2-3-5-16(13)23-19-21-11-10-17(24-19)18(25)22-15-8-6-14(12-20)7-9-15/h2-11H,1H3,(H,22,25)(H,21,23,24). The van der Waals surface area contributed by atoms with E-state index in [0.29, 0.717) is 17.2 Å². The van der Waals surface area contributed by atoms with Crippen LogP contribution in [0.5, 0.6) is 0 Å². The molecule has 6 nitrogen and oxygen atoms in total. The Morgan fingerprint density at radius 1 is 1.08 bits per heavy atom. The Morgan fingerprint density at radius 2 is 1.84 bits per heavy atom. The zero-order chi connectivity index (χ0) is 17.6. The highest BCUT2D eigenvalue weighted by molar-refractivity contribution is 6.03. The molecule has 0 atom stereocenters. The molecule has 1 aromatic heterocycles. The van der Waals surface area contributed by atoms with Gasteiger partial charge in [-0.05, 0) is 48.9 Å². The van der Waals surface area contributed by atoms with Crippen LogP contribution < -0.4 is 10.6 Å². The molecule has 3 rings (SSSR count). The molecule has 0 bridgehead atoms. The average Bonchev–Trinajstić information content (AvgIpc) is 2.64. The molecule has 0 aliphatic heterocycles. The number of anilines is 3. The van der Waals surface area contributed by atoms with Crippen molar-refractivity contribution in [2.45, 2.75) is 6.92 Å². The maximum absolute atomic E-state index is 12.3. The SMILES string of the molecule is Cc1ccccc1Nc1nccc(C(=O)Nc2ccc(C#N)cc2)n1. The molecule has 2 aromatic carbocycles. The second-order valence-electron chi connectivity index (χ2n) is 5.35. The van der Waals surface area contributed by atoms with E-state index in [1.165, 1.54) is 6.20 Å². The van der Waals surface area contributed by atoms with Gasteiger partial charge in [-0.1, -0.05) is 18.2 Å². The Kier molecular flexibility index (Phi) is 4.67. The van der Waals surface area contributed by atoms with E-state index in [4.69, 9.17) is 5.26 Å². The van der Waals surface area contributed by atoms with Crippen LogP contribution in [0.3, 0.4) is 0 Å². The predicted octanol–water partition coefficient (Wildman–Crippen LogP) is 3.65. The molecule has 0 spiro atoms. The summed E-state index contributed by atoms with van der Waals surface area (Å²) >= 11 is 0. The van der Waals surface area contributed by atoms with Crippen molar-refractivity contribution in [1.29, 1.82) is 5.26 Å². The molecule has 6 heteroatoms. The zero-order valence-corrected chi connectivity index (χ0v) is 13.5. The Hall–Kier alpha value is -3.72. The van der Waals surface area contributed by atoms with Crippen molar-refractivity contribution in [1.82, 2.24) is 9.97 Å². The highest BCUT2D eigenvalue weighted by Gasteiger charge is 2.10. The molecule has 0 aliphatic carbocycles. The molecule has 122 valence electrons. The summed E-state index contributed by atoms with van der Waals surface area (Å²) in [5, 5.41) is 14.7. The van der Waals surface area contributed by atoms with Gasteiger partial charge in [0.05, 0.1) is 11.6 Å². The molecule has 3 aromatic rings. The van der Waals surface area contributed by atoms with Gasteiger partial charge in [-0.15, -0.1) is 0 Å². The summed E-state index contributed by atoms with van der Waals surface area (Å²) in [6.07, 6.45) is 1.53. The molecule has 0 saturated heterocycles. The molecule has 0 fully saturated rings. The topological polar surface area (TPSA) is 90.7 Å². The van der Waals surface area contributed by atoms with Crippen molar-refractivity contribution in [3.05, 3.63) is 77.6 Å². The summed E-state index contributed by atoms with van der Waals surface area (Å²) in [7, 11) is 0. The fraction of sp³-hybridized carbons (Fsp3) is 0.0526. The number of carbonyl (C=O) groups is 1. The number of nitrogens with zero attached hydrogens (tertiary/aromatic N) is 3. The predicted molar refractivity (Wildman–Crippen MR) is 95.6 cm³/mol. The molecule has 1 heterocycles. The minimum absolute atomic E-state index is 0.246. The number of para-hydroxylation sites is 1. The maximum Gasteiger partial charge on any atom is 0.274 e. The number of rotatable bonds is 4. The van der Waals surface area contributed by atoms with Crippen molar-refractivity contribution in [3.8, 4) is 6.07 Å². The van der Waals surface area contributed by atoms with Crippen LogP contribution in [0.4, 0.5) is 17.3 Å². The summed E-state index contributed by atoms with van der Waals surface area (Å²) in [6, 6.07) is 18.0. The highest BCUT2D eigenvalue weighted by atomic mass is 16.1. The van der Waals surface area contributed by atoms with E-state index in [0.717, 1.165) is 11.3 Å². The van der Waals surface area contributed by atoms with E-state index in [-0.39, 0.29) is 11.6 Å². The van der Waals surface area contributed by atoms with Gasteiger partial charge in [0.2, 0.25) is 5.95 Å². The first-order chi connectivity index (χ1) is 12.2. The summed E-state index contributed by atoms with van der Waals surface area (Å²) in [6.45, 7) is 1.98. The molecule has 1 amide bonds. The van der Waals surface area contributed by atoms with E-state index >= 15 is 0 Å². The minimum atomic E-state index is -0.347. The van der Waals surface area contributed by atoms with Crippen LogP contribution in [0.2, 0.25) is 0 Å². The quantitative estimate of drug-likeness (QED) is 0.762. The van der Waals surface area contributed by atoms with E-state index in [9.17, 15) is 4.79 Å². The first-order valence-electron chi connectivity index (χ1n) is 7.63. The van der Waals surface area contributed by atoms with Gasteiger partial charge >= 0.3 is 0 Å². The molecule has 2 N–H and O–H groups in total. The number of nitriles is 1. The van der Waals surface area contributed by atoms with E-state index in [1.54, 1.807) is 30.3 Å². The summed E-state index contributed by atoms with van der Waals surface area (Å²) in [5.74, 6) is 0.00159. The lowest BCUT2D eigenvalue weighted by Gasteiger charge is -2.09. The van der Waals surface area contributed by atoms with Crippen LogP contribution in [0.15, 0.2) is 60.8 Å². The van der Waals surface area contributed by atoms with Gasteiger partial charge in [0.15, 0.2) is 0 Å². The van der Waals surface area contributed by atoms with Crippen LogP contribution in [0, 0.1) is 18.3 Å². The van der Waals surface area contributed by atoms with E-state index in [2.05, 4.69) is 20.6 Å². The molecular formula is C19H15N5O. The number of hydrogen-bond donors (Lipinski definition) is 2. The number of carbonyl (C=O) groups excluding carboxylic acids is 1. The van der Waals surface area contributed by atoms with Crippen molar-refractivity contribution >= 4 is 23.2 Å². The fourth-order valence-corrected chi connectivity index (χ4v) is 2.20. The van der Waals surface area contributed by atoms with Gasteiger partial charge in [-0.2, -0.15) is 5.26 Å². The molecule has 0 aliphatic rings. The van der Waals surface area contributed by atoms with Gasteiger partial charge in [-0.25, -0.2) is 9.97 Å². The third-order valence-electron chi connectivity index (χ3n) is 3.55. The lowest BCUT2D eigenvalue weighted by molar-refractivity contribution is 0.102. The number of nitrogens with one attached hydrogen (secondary N) is 2. The highest BCUT2D eigenvalue weighted by Crippen LogP contribution is 2.17. The smallest absolute Gasteiger partial charge is 0.274 e. The molecule has 0 radical (unpaired) electrons. The van der Waals surface area contributed by atoms with Gasteiger partial charge in [-0.3, -0.25) is 4.79 Å². The largest absolute Gasteiger partial charge is 0.324 e. The molecule has 0 saturated carbocycles. The van der Waals surface area contributed by atoms with E-state index in [1.807, 2.05) is 37.3 Å². The van der Waals surface area contributed by atoms with Crippen LogP contribution in [-0.4, -0.2) is 15.9 Å². The summed E-state index contributed by atoms with van der Waals surface area (Å²) < 4.78 is 0. The normalized spacial score (nSPS) is 9.92. The third kappa shape index (κ3) is 3.98. The molecule has 0 unspecified atom stereocenters. The first kappa shape index (κ1) is 16.1. The van der Waals surface area contributed by atoms with Gasteiger partial charge < -0.3 is 10.6 Å². The van der Waals surface area contributed by atoms with Gasteiger partial charge in [0.1, 0.15) is 5.69 Å². The second-order valence-corrected chi connectivity index (χ2v) is 5.35. The van der Waals surface area contributed by atoms with Crippen molar-refractivity contribution < 1.29 is 4.79 Å². The number of hydrogen-bond acceptors (Lipinski definition) is 5. The Morgan fingerprint density at radius 3 is 2.56 bits per heavy atom. The van der Waals surface area contributed by atoms with Crippen LogP contribution in [0.25, 0.3) is 0 Å². The Labute approximate surface area is 145 Å². The van der Waals surface area contributed by atoms with Crippen molar-refractivity contribution in [2.24, 2.45) is 0 Å². The third-order valence-corrected chi connectivity index (χ3v) is 3.55. The van der Waals surface area contributed by atoms with Crippen LogP contribution in [0.1, 0.15) is 21.6 Å². The number of aryl methyl sites for hydroxylation is 1. The number of aromatic nitrogens is 2. The zero-order valence-electron chi connectivity index (χ0n) is 13.5. The maximum atomic E-state index is 12.3. The lowest BCUT2D eigenvalue weighted by Crippen LogP contribution is -2.14. The molecule has 25 heavy (non-hydrogen) atoms. The van der Waals surface area contributed by atoms with Gasteiger partial charge in [0.25, 0.3) is 5.91 Å². The number of amides is 1. The van der Waals surface area contributed by atoms with Crippen LogP contribution >= 0.6 is 0 Å². The van der Waals surface area contributed by atoms with Crippen LogP contribution in [-0.2, 0) is 0 Å². The minimum Gasteiger partial charge on any atom is -0.324 e. The van der Waals surface area contributed by atoms with E-state index < -0.39 is 0 Å².